The van der Waals surface area contributed by atoms with Crippen molar-refractivity contribution in [1.29, 1.82) is 0 Å². The molecule has 1 heterocycles. The summed E-state index contributed by atoms with van der Waals surface area (Å²) < 4.78 is 11.2. The maximum atomic E-state index is 12.4. The Morgan fingerprint density at radius 2 is 2.00 bits per heavy atom. The summed E-state index contributed by atoms with van der Waals surface area (Å²) in [4.78, 5) is 12.4. The molecule has 1 atom stereocenters. The lowest BCUT2D eigenvalue weighted by Gasteiger charge is -2.16. The summed E-state index contributed by atoms with van der Waals surface area (Å²) in [5.74, 6) is 1.01. The molecule has 7 heteroatoms. The minimum atomic E-state index is -0.156. The van der Waals surface area contributed by atoms with E-state index >= 15 is 0 Å². The highest BCUT2D eigenvalue weighted by Crippen LogP contribution is 2.28. The van der Waals surface area contributed by atoms with Crippen LogP contribution in [0.5, 0.6) is 5.75 Å². The van der Waals surface area contributed by atoms with Gasteiger partial charge < -0.3 is 14.5 Å². The maximum absolute atomic E-state index is 12.4. The van der Waals surface area contributed by atoms with E-state index in [0.717, 1.165) is 21.3 Å². The first-order chi connectivity index (χ1) is 12.1. The van der Waals surface area contributed by atoms with E-state index < -0.39 is 0 Å². The van der Waals surface area contributed by atoms with Crippen LogP contribution in [0.3, 0.4) is 0 Å². The van der Waals surface area contributed by atoms with Gasteiger partial charge in [0.05, 0.1) is 17.6 Å². The molecule has 0 fully saturated rings. The summed E-state index contributed by atoms with van der Waals surface area (Å²) in [6, 6.07) is 12.6. The highest BCUT2D eigenvalue weighted by Gasteiger charge is 2.13. The fourth-order valence-corrected chi connectivity index (χ4v) is 2.94. The second-order valence-corrected chi connectivity index (χ2v) is 6.26. The van der Waals surface area contributed by atoms with Gasteiger partial charge >= 0.3 is 0 Å². The van der Waals surface area contributed by atoms with E-state index in [1.165, 1.54) is 6.39 Å². The van der Waals surface area contributed by atoms with Crippen LogP contribution in [0, 0.1) is 0 Å². The molecule has 1 N–H and O–H groups in total. The van der Waals surface area contributed by atoms with Gasteiger partial charge in [-0.3, -0.25) is 4.79 Å². The zero-order valence-electron chi connectivity index (χ0n) is 13.7. The third-order valence-corrected chi connectivity index (χ3v) is 4.40. The quantitative estimate of drug-likeness (QED) is 0.698. The second kappa shape index (κ2) is 7.48. The summed E-state index contributed by atoms with van der Waals surface area (Å²) in [5.41, 5.74) is 2.30. The van der Waals surface area contributed by atoms with Gasteiger partial charge in [-0.1, -0.05) is 6.07 Å². The van der Waals surface area contributed by atoms with Gasteiger partial charge in [-0.05, 0) is 64.8 Å². The molecule has 6 nitrogen and oxygen atoms in total. The van der Waals surface area contributed by atoms with Crippen LogP contribution in [0.2, 0.25) is 0 Å². The minimum Gasteiger partial charge on any atom is -0.496 e. The molecular formula is C18H16BrN3O3. The van der Waals surface area contributed by atoms with Crippen LogP contribution in [-0.2, 0) is 0 Å². The summed E-state index contributed by atoms with van der Waals surface area (Å²) in [7, 11) is 1.61. The molecule has 0 aliphatic rings. The largest absolute Gasteiger partial charge is 0.496 e. The van der Waals surface area contributed by atoms with Crippen LogP contribution in [-0.4, -0.2) is 23.2 Å². The van der Waals surface area contributed by atoms with E-state index in [4.69, 9.17) is 9.15 Å². The Balaban J connectivity index is 1.70. The van der Waals surface area contributed by atoms with E-state index in [1.54, 1.807) is 31.4 Å². The third-order valence-electron chi connectivity index (χ3n) is 3.78. The lowest BCUT2D eigenvalue weighted by molar-refractivity contribution is 0.0940. The number of carbonyl (C=O) groups excluding carboxylic acids is 1. The standard InChI is InChI=1S/C18H16BrN3O3/c1-11(14-7-8-16(24-2)15(19)9-14)21-17(23)12-3-5-13(6-4-12)18-22-20-10-25-18/h3-11H,1-2H3,(H,21,23)/t11-/m1/s1. The molecule has 0 radical (unpaired) electrons. The van der Waals surface area contributed by atoms with Crippen LogP contribution in [0.4, 0.5) is 0 Å². The summed E-state index contributed by atoms with van der Waals surface area (Å²) in [6.07, 6.45) is 1.27. The Bertz CT molecular complexity index is 864. The van der Waals surface area contributed by atoms with Gasteiger partial charge in [0.25, 0.3) is 5.91 Å². The summed E-state index contributed by atoms with van der Waals surface area (Å²) in [6.45, 7) is 1.93. The number of amides is 1. The molecule has 2 aromatic carbocycles. The molecule has 0 saturated heterocycles. The van der Waals surface area contributed by atoms with Gasteiger partial charge in [-0.15, -0.1) is 10.2 Å². The van der Waals surface area contributed by atoms with Crippen LogP contribution in [0.1, 0.15) is 28.9 Å². The first kappa shape index (κ1) is 17.2. The van der Waals surface area contributed by atoms with Gasteiger partial charge in [-0.25, -0.2) is 0 Å². The first-order valence-electron chi connectivity index (χ1n) is 7.59. The monoisotopic (exact) mass is 401 g/mol. The minimum absolute atomic E-state index is 0.148. The number of rotatable bonds is 5. The molecule has 0 saturated carbocycles. The first-order valence-corrected chi connectivity index (χ1v) is 8.38. The van der Waals surface area contributed by atoms with E-state index in [0.29, 0.717) is 11.5 Å². The van der Waals surface area contributed by atoms with Crippen molar-refractivity contribution in [3.05, 3.63) is 64.5 Å². The van der Waals surface area contributed by atoms with Crippen molar-refractivity contribution in [1.82, 2.24) is 15.5 Å². The van der Waals surface area contributed by atoms with Crippen molar-refractivity contribution in [3.8, 4) is 17.2 Å². The fraction of sp³-hybridized carbons (Fsp3) is 0.167. The van der Waals surface area contributed by atoms with Crippen molar-refractivity contribution in [2.75, 3.05) is 7.11 Å². The predicted molar refractivity (Wildman–Crippen MR) is 96.3 cm³/mol. The number of hydrogen-bond donors (Lipinski definition) is 1. The number of ether oxygens (including phenoxy) is 1. The van der Waals surface area contributed by atoms with E-state index in [2.05, 4.69) is 31.4 Å². The average Bonchev–Trinajstić information content (AvgIpc) is 3.16. The van der Waals surface area contributed by atoms with Gasteiger partial charge in [0.1, 0.15) is 5.75 Å². The zero-order valence-corrected chi connectivity index (χ0v) is 15.3. The second-order valence-electron chi connectivity index (χ2n) is 5.41. The molecular weight excluding hydrogens is 386 g/mol. The van der Waals surface area contributed by atoms with Crippen LogP contribution in [0.25, 0.3) is 11.5 Å². The van der Waals surface area contributed by atoms with Gasteiger partial charge in [0.15, 0.2) is 0 Å². The average molecular weight is 402 g/mol. The lowest BCUT2D eigenvalue weighted by atomic mass is 10.1. The number of benzene rings is 2. The molecule has 25 heavy (non-hydrogen) atoms. The van der Waals surface area contributed by atoms with E-state index in [1.807, 2.05) is 25.1 Å². The lowest BCUT2D eigenvalue weighted by Crippen LogP contribution is -2.26. The Morgan fingerprint density at radius 1 is 1.24 bits per heavy atom. The Morgan fingerprint density at radius 3 is 2.60 bits per heavy atom. The molecule has 0 aliphatic carbocycles. The van der Waals surface area contributed by atoms with Crippen molar-refractivity contribution in [2.24, 2.45) is 0 Å². The highest BCUT2D eigenvalue weighted by atomic mass is 79.9. The van der Waals surface area contributed by atoms with E-state index in [9.17, 15) is 4.79 Å². The van der Waals surface area contributed by atoms with Gasteiger partial charge in [0, 0.05) is 11.1 Å². The number of hydrogen-bond acceptors (Lipinski definition) is 5. The normalized spacial score (nSPS) is 11.8. The number of aromatic nitrogens is 2. The van der Waals surface area contributed by atoms with E-state index in [-0.39, 0.29) is 11.9 Å². The number of carbonyl (C=O) groups is 1. The molecule has 0 spiro atoms. The molecule has 128 valence electrons. The van der Waals surface area contributed by atoms with Crippen LogP contribution < -0.4 is 10.1 Å². The third kappa shape index (κ3) is 3.88. The number of methoxy groups -OCH3 is 1. The van der Waals surface area contributed by atoms with Crippen LogP contribution in [0.15, 0.2) is 57.7 Å². The summed E-state index contributed by atoms with van der Waals surface area (Å²) >= 11 is 3.46. The molecule has 0 unspecified atom stereocenters. The molecule has 1 amide bonds. The van der Waals surface area contributed by atoms with Gasteiger partial charge in [-0.2, -0.15) is 0 Å². The topological polar surface area (TPSA) is 77.2 Å². The summed E-state index contributed by atoms with van der Waals surface area (Å²) in [5, 5.41) is 10.5. The molecule has 0 aliphatic heterocycles. The smallest absolute Gasteiger partial charge is 0.251 e. The molecule has 0 bridgehead atoms. The van der Waals surface area contributed by atoms with Crippen LogP contribution >= 0.6 is 15.9 Å². The van der Waals surface area contributed by atoms with Crippen molar-refractivity contribution < 1.29 is 13.9 Å². The van der Waals surface area contributed by atoms with Crippen molar-refractivity contribution in [2.45, 2.75) is 13.0 Å². The van der Waals surface area contributed by atoms with Gasteiger partial charge in [0.2, 0.25) is 12.3 Å². The molecule has 3 rings (SSSR count). The van der Waals surface area contributed by atoms with Crippen molar-refractivity contribution in [3.63, 3.8) is 0 Å². The Kier molecular flexibility index (Phi) is 5.14. The molecule has 1 aromatic heterocycles. The number of nitrogens with one attached hydrogen (secondary N) is 1. The number of halogens is 1. The maximum Gasteiger partial charge on any atom is 0.251 e. The SMILES string of the molecule is COc1ccc([C@@H](C)NC(=O)c2ccc(-c3nnco3)cc2)cc1Br. The molecule has 3 aromatic rings. The number of nitrogens with zero attached hydrogens (tertiary/aromatic N) is 2. The Hall–Kier alpha value is -2.67. The fourth-order valence-electron chi connectivity index (χ4n) is 2.38. The zero-order chi connectivity index (χ0) is 17.8. The predicted octanol–water partition coefficient (Wildman–Crippen LogP) is 4.00. The Labute approximate surface area is 153 Å². The van der Waals surface area contributed by atoms with Crippen molar-refractivity contribution >= 4 is 21.8 Å². The highest BCUT2D eigenvalue weighted by molar-refractivity contribution is 9.10.